The third-order valence-electron chi connectivity index (χ3n) is 3.13. The van der Waals surface area contributed by atoms with Gasteiger partial charge in [0.05, 0.1) is 6.04 Å². The van der Waals surface area contributed by atoms with E-state index < -0.39 is 0 Å². The van der Waals surface area contributed by atoms with Crippen LogP contribution in [0.4, 0.5) is 0 Å². The van der Waals surface area contributed by atoms with Crippen LogP contribution in [0.2, 0.25) is 5.15 Å². The molecule has 1 fully saturated rings. The Balaban J connectivity index is 2.32. The number of aryl methyl sites for hydroxylation is 1. The monoisotopic (exact) mass is 238 g/mol. The predicted octanol–water partition coefficient (Wildman–Crippen LogP) is 2.73. The van der Waals surface area contributed by atoms with Gasteiger partial charge in [-0.05, 0) is 37.0 Å². The maximum absolute atomic E-state index is 11.5. The van der Waals surface area contributed by atoms with Crippen LogP contribution in [0, 0.1) is 6.92 Å². The summed E-state index contributed by atoms with van der Waals surface area (Å²) in [6.07, 6.45) is 3.87. The first-order chi connectivity index (χ1) is 7.59. The lowest BCUT2D eigenvalue weighted by Gasteiger charge is -2.24. The van der Waals surface area contributed by atoms with Crippen molar-refractivity contribution in [2.24, 2.45) is 0 Å². The van der Waals surface area contributed by atoms with E-state index in [1.165, 1.54) is 0 Å². The molecule has 0 unspecified atom stereocenters. The van der Waals surface area contributed by atoms with E-state index in [-0.39, 0.29) is 11.9 Å². The first-order valence-electron chi connectivity index (χ1n) is 5.49. The summed E-state index contributed by atoms with van der Waals surface area (Å²) < 4.78 is 0. The van der Waals surface area contributed by atoms with Gasteiger partial charge in [0.15, 0.2) is 0 Å². The number of nitrogens with zero attached hydrogens (tertiary/aromatic N) is 2. The molecule has 1 amide bonds. The molecule has 1 aliphatic heterocycles. The highest BCUT2D eigenvalue weighted by Gasteiger charge is 2.28. The second-order valence-electron chi connectivity index (χ2n) is 4.23. The molecule has 0 aliphatic carbocycles. The number of likely N-dealkylation sites (tertiary alicyclic amines) is 1. The van der Waals surface area contributed by atoms with E-state index in [2.05, 4.69) is 4.98 Å². The minimum absolute atomic E-state index is 0.136. The van der Waals surface area contributed by atoms with Gasteiger partial charge in [-0.15, -0.1) is 0 Å². The summed E-state index contributed by atoms with van der Waals surface area (Å²) in [4.78, 5) is 17.5. The fraction of sp³-hybridized carbons (Fsp3) is 0.500. The van der Waals surface area contributed by atoms with Crippen molar-refractivity contribution in [2.75, 3.05) is 6.54 Å². The standard InChI is InChI=1S/C12H15ClN2O/c1-8-6-12(13)14-7-10(8)11-4-3-5-15(11)9(2)16/h6-7,11H,3-5H2,1-2H3/t11-/m0/s1. The molecule has 86 valence electrons. The number of hydrogen-bond donors (Lipinski definition) is 0. The molecule has 0 bridgehead atoms. The predicted molar refractivity (Wildman–Crippen MR) is 63.3 cm³/mol. The first-order valence-corrected chi connectivity index (χ1v) is 5.86. The molecule has 2 rings (SSSR count). The molecule has 0 saturated carbocycles. The molecule has 0 radical (unpaired) electrons. The van der Waals surface area contributed by atoms with Crippen LogP contribution in [0.3, 0.4) is 0 Å². The van der Waals surface area contributed by atoms with Gasteiger partial charge in [-0.3, -0.25) is 4.79 Å². The SMILES string of the molecule is CC(=O)N1CCC[C@H]1c1cnc(Cl)cc1C. The van der Waals surface area contributed by atoms with Crippen molar-refractivity contribution in [3.8, 4) is 0 Å². The Morgan fingerprint density at radius 3 is 3.00 bits per heavy atom. The number of rotatable bonds is 1. The quantitative estimate of drug-likeness (QED) is 0.705. The zero-order valence-corrected chi connectivity index (χ0v) is 10.3. The van der Waals surface area contributed by atoms with E-state index in [0.29, 0.717) is 5.15 Å². The molecule has 4 heteroatoms. The first kappa shape index (κ1) is 11.4. The largest absolute Gasteiger partial charge is 0.336 e. The smallest absolute Gasteiger partial charge is 0.219 e. The van der Waals surface area contributed by atoms with Crippen LogP contribution in [0.15, 0.2) is 12.3 Å². The van der Waals surface area contributed by atoms with Gasteiger partial charge in [-0.1, -0.05) is 11.6 Å². The average Bonchev–Trinajstić information content (AvgIpc) is 2.66. The fourth-order valence-corrected chi connectivity index (χ4v) is 2.56. The summed E-state index contributed by atoms with van der Waals surface area (Å²) in [6, 6.07) is 2.04. The number of halogens is 1. The van der Waals surface area contributed by atoms with Gasteiger partial charge in [0, 0.05) is 19.7 Å². The van der Waals surface area contributed by atoms with Crippen LogP contribution in [-0.2, 0) is 4.79 Å². The molecule has 1 aliphatic rings. The van der Waals surface area contributed by atoms with E-state index in [4.69, 9.17) is 11.6 Å². The third kappa shape index (κ3) is 2.05. The summed E-state index contributed by atoms with van der Waals surface area (Å²) in [5.41, 5.74) is 2.23. The van der Waals surface area contributed by atoms with Crippen LogP contribution in [-0.4, -0.2) is 22.3 Å². The second-order valence-corrected chi connectivity index (χ2v) is 4.62. The highest BCUT2D eigenvalue weighted by atomic mass is 35.5. The molecule has 0 N–H and O–H groups in total. The molecular formula is C12H15ClN2O. The van der Waals surface area contributed by atoms with Gasteiger partial charge >= 0.3 is 0 Å². The molecule has 0 aromatic carbocycles. The number of aromatic nitrogens is 1. The maximum atomic E-state index is 11.5. The van der Waals surface area contributed by atoms with Crippen molar-refractivity contribution >= 4 is 17.5 Å². The highest BCUT2D eigenvalue weighted by Crippen LogP contribution is 2.33. The lowest BCUT2D eigenvalue weighted by molar-refractivity contribution is -0.129. The Kier molecular flexibility index (Phi) is 3.15. The summed E-state index contributed by atoms with van der Waals surface area (Å²) in [7, 11) is 0. The van der Waals surface area contributed by atoms with Gasteiger partial charge in [-0.2, -0.15) is 0 Å². The molecule has 1 atom stereocenters. The van der Waals surface area contributed by atoms with Crippen molar-refractivity contribution in [2.45, 2.75) is 32.7 Å². The van der Waals surface area contributed by atoms with E-state index >= 15 is 0 Å². The number of pyridine rings is 1. The third-order valence-corrected chi connectivity index (χ3v) is 3.34. The minimum Gasteiger partial charge on any atom is -0.336 e. The molecule has 1 saturated heterocycles. The van der Waals surface area contributed by atoms with Gasteiger partial charge in [0.2, 0.25) is 5.91 Å². The van der Waals surface area contributed by atoms with Crippen LogP contribution in [0.25, 0.3) is 0 Å². The Morgan fingerprint density at radius 2 is 2.38 bits per heavy atom. The van der Waals surface area contributed by atoms with E-state index in [9.17, 15) is 4.79 Å². The summed E-state index contributed by atoms with van der Waals surface area (Å²) >= 11 is 5.83. The van der Waals surface area contributed by atoms with Gasteiger partial charge in [0.25, 0.3) is 0 Å². The molecule has 16 heavy (non-hydrogen) atoms. The summed E-state index contributed by atoms with van der Waals surface area (Å²) in [5.74, 6) is 0.136. The lowest BCUT2D eigenvalue weighted by atomic mass is 10.0. The van der Waals surface area contributed by atoms with Crippen LogP contribution < -0.4 is 0 Å². The Bertz CT molecular complexity index is 419. The fourth-order valence-electron chi connectivity index (χ4n) is 2.35. The zero-order chi connectivity index (χ0) is 11.7. The van der Waals surface area contributed by atoms with E-state index in [1.54, 1.807) is 13.1 Å². The summed E-state index contributed by atoms with van der Waals surface area (Å²) in [5, 5.41) is 0.508. The normalized spacial score (nSPS) is 20.2. The maximum Gasteiger partial charge on any atom is 0.219 e. The van der Waals surface area contributed by atoms with Crippen molar-refractivity contribution in [3.05, 3.63) is 28.5 Å². The molecule has 1 aromatic rings. The second kappa shape index (κ2) is 4.42. The Morgan fingerprint density at radius 1 is 1.62 bits per heavy atom. The molecular weight excluding hydrogens is 224 g/mol. The van der Waals surface area contributed by atoms with Crippen molar-refractivity contribution < 1.29 is 4.79 Å². The van der Waals surface area contributed by atoms with Crippen molar-refractivity contribution in [3.63, 3.8) is 0 Å². The molecule has 2 heterocycles. The number of hydrogen-bond acceptors (Lipinski definition) is 2. The number of amides is 1. The molecule has 1 aromatic heterocycles. The van der Waals surface area contributed by atoms with Crippen LogP contribution in [0.5, 0.6) is 0 Å². The zero-order valence-electron chi connectivity index (χ0n) is 9.53. The molecule has 0 spiro atoms. The van der Waals surface area contributed by atoms with Crippen molar-refractivity contribution in [1.29, 1.82) is 0 Å². The topological polar surface area (TPSA) is 33.2 Å². The summed E-state index contributed by atoms with van der Waals surface area (Å²) in [6.45, 7) is 4.48. The van der Waals surface area contributed by atoms with Crippen LogP contribution >= 0.6 is 11.6 Å². The van der Waals surface area contributed by atoms with Crippen molar-refractivity contribution in [1.82, 2.24) is 9.88 Å². The van der Waals surface area contributed by atoms with Gasteiger partial charge < -0.3 is 4.90 Å². The van der Waals surface area contributed by atoms with Gasteiger partial charge in [0.1, 0.15) is 5.15 Å². The van der Waals surface area contributed by atoms with E-state index in [0.717, 1.165) is 30.5 Å². The molecule has 3 nitrogen and oxygen atoms in total. The minimum atomic E-state index is 0.136. The van der Waals surface area contributed by atoms with E-state index in [1.807, 2.05) is 17.9 Å². The number of carbonyl (C=O) groups excluding carboxylic acids is 1. The highest BCUT2D eigenvalue weighted by molar-refractivity contribution is 6.29. The van der Waals surface area contributed by atoms with Gasteiger partial charge in [-0.25, -0.2) is 4.98 Å². The Hall–Kier alpha value is -1.09. The Labute approximate surface area is 100 Å². The number of carbonyl (C=O) groups is 1. The lowest BCUT2D eigenvalue weighted by Crippen LogP contribution is -2.28. The van der Waals surface area contributed by atoms with Crippen LogP contribution in [0.1, 0.15) is 36.9 Å². The average molecular weight is 239 g/mol.